The molecule has 172 valence electrons. The van der Waals surface area contributed by atoms with Gasteiger partial charge in [-0.15, -0.1) is 10.2 Å². The number of para-hydroxylation sites is 1. The lowest BCUT2D eigenvalue weighted by Crippen LogP contribution is -2.01. The number of azo groups is 1. The number of hydrogen-bond acceptors (Lipinski definition) is 3. The van der Waals surface area contributed by atoms with Gasteiger partial charge >= 0.3 is 0 Å². The van der Waals surface area contributed by atoms with E-state index in [0.29, 0.717) is 5.69 Å². The molecule has 0 aliphatic heterocycles. The Morgan fingerprint density at radius 2 is 1.39 bits per heavy atom. The molecule has 0 fully saturated rings. The van der Waals surface area contributed by atoms with Crippen molar-refractivity contribution in [3.8, 4) is 5.88 Å². The molecule has 1 heterocycles. The minimum Gasteiger partial charge on any atom is -0.493 e. The molecule has 0 amide bonds. The Balaban J connectivity index is 1.64. The zero-order valence-corrected chi connectivity index (χ0v) is 20.0. The molecule has 0 unspecified atom stereocenters. The van der Waals surface area contributed by atoms with Crippen molar-refractivity contribution in [2.24, 2.45) is 16.0 Å². The number of nitrogens with two attached hydrogens (primary N) is 1. The van der Waals surface area contributed by atoms with Crippen LogP contribution in [0, 0.1) is 0 Å². The standard InChI is InChI=1S/C25H40N4OS/c1-2-3-4-5-6-7-8-9-10-11-12-13-14-17-20-29-22-19-16-15-18-21(22)23(24(29)30)27-28-25(26)31/h15-16,18-19,30H,2-14,17,20H2,1H3,(H2,26,31). The third-order valence-electron chi connectivity index (χ3n) is 5.90. The second-order valence-electron chi connectivity index (χ2n) is 8.48. The first-order valence-electron chi connectivity index (χ1n) is 12.2. The lowest BCUT2D eigenvalue weighted by Gasteiger charge is -2.07. The molecule has 0 radical (unpaired) electrons. The summed E-state index contributed by atoms with van der Waals surface area (Å²) in [6.07, 6.45) is 18.7. The molecule has 31 heavy (non-hydrogen) atoms. The van der Waals surface area contributed by atoms with Crippen molar-refractivity contribution in [2.75, 3.05) is 0 Å². The fraction of sp³-hybridized carbons (Fsp3) is 0.640. The monoisotopic (exact) mass is 444 g/mol. The molecule has 0 atom stereocenters. The second kappa shape index (κ2) is 15.0. The first kappa shape index (κ1) is 25.3. The zero-order valence-electron chi connectivity index (χ0n) is 19.2. The van der Waals surface area contributed by atoms with Crippen molar-refractivity contribution >= 4 is 33.9 Å². The van der Waals surface area contributed by atoms with Crippen molar-refractivity contribution in [3.05, 3.63) is 24.3 Å². The molecule has 0 aliphatic rings. The highest BCUT2D eigenvalue weighted by molar-refractivity contribution is 7.80. The van der Waals surface area contributed by atoms with Crippen molar-refractivity contribution in [1.29, 1.82) is 0 Å². The predicted octanol–water partition coefficient (Wildman–Crippen LogP) is 8.16. The van der Waals surface area contributed by atoms with E-state index in [-0.39, 0.29) is 11.0 Å². The molecule has 0 saturated heterocycles. The van der Waals surface area contributed by atoms with Crippen LogP contribution in [-0.2, 0) is 6.54 Å². The highest BCUT2D eigenvalue weighted by Gasteiger charge is 2.16. The van der Waals surface area contributed by atoms with Crippen molar-refractivity contribution < 1.29 is 5.11 Å². The fourth-order valence-electron chi connectivity index (χ4n) is 4.16. The summed E-state index contributed by atoms with van der Waals surface area (Å²) in [6, 6.07) is 7.83. The highest BCUT2D eigenvalue weighted by Crippen LogP contribution is 2.39. The van der Waals surface area contributed by atoms with E-state index in [0.717, 1.165) is 23.9 Å². The van der Waals surface area contributed by atoms with Gasteiger partial charge in [0.05, 0.1) is 5.52 Å². The average molecular weight is 445 g/mol. The van der Waals surface area contributed by atoms with Gasteiger partial charge in [-0.25, -0.2) is 0 Å². The number of aromatic nitrogens is 1. The third kappa shape index (κ3) is 8.98. The zero-order chi connectivity index (χ0) is 22.3. The van der Waals surface area contributed by atoms with Crippen LogP contribution >= 0.6 is 12.2 Å². The minimum absolute atomic E-state index is 0.0387. The molecular formula is C25H40N4OS. The number of aromatic hydroxyl groups is 1. The summed E-state index contributed by atoms with van der Waals surface area (Å²) in [4.78, 5) is 0. The second-order valence-corrected chi connectivity index (χ2v) is 8.89. The van der Waals surface area contributed by atoms with E-state index in [2.05, 4.69) is 17.2 Å². The molecule has 0 saturated carbocycles. The maximum atomic E-state index is 10.7. The summed E-state index contributed by atoms with van der Waals surface area (Å²) in [7, 11) is 0. The lowest BCUT2D eigenvalue weighted by atomic mass is 10.0. The molecule has 5 nitrogen and oxygen atoms in total. The van der Waals surface area contributed by atoms with Crippen molar-refractivity contribution in [1.82, 2.24) is 4.57 Å². The molecule has 6 heteroatoms. The minimum atomic E-state index is -0.0387. The van der Waals surface area contributed by atoms with Gasteiger partial charge in [0.15, 0.2) is 5.69 Å². The van der Waals surface area contributed by atoms with Crippen LogP contribution in [0.1, 0.15) is 96.8 Å². The van der Waals surface area contributed by atoms with Gasteiger partial charge in [0.25, 0.3) is 0 Å². The Bertz CT molecular complexity index is 815. The average Bonchev–Trinajstić information content (AvgIpc) is 3.03. The Hall–Kier alpha value is -1.95. The van der Waals surface area contributed by atoms with Crippen LogP contribution in [0.3, 0.4) is 0 Å². The summed E-state index contributed by atoms with van der Waals surface area (Å²) >= 11 is 4.77. The Labute approximate surface area is 193 Å². The van der Waals surface area contributed by atoms with E-state index in [1.807, 2.05) is 28.8 Å². The van der Waals surface area contributed by atoms with E-state index >= 15 is 0 Å². The van der Waals surface area contributed by atoms with Crippen LogP contribution in [0.5, 0.6) is 5.88 Å². The van der Waals surface area contributed by atoms with Gasteiger partial charge in [-0.3, -0.25) is 0 Å². The summed E-state index contributed by atoms with van der Waals surface area (Å²) < 4.78 is 1.92. The topological polar surface area (TPSA) is 75.9 Å². The summed E-state index contributed by atoms with van der Waals surface area (Å²) in [5.74, 6) is 0.135. The molecule has 0 spiro atoms. The van der Waals surface area contributed by atoms with E-state index in [1.165, 1.54) is 83.5 Å². The van der Waals surface area contributed by atoms with Crippen molar-refractivity contribution in [2.45, 2.75) is 103 Å². The van der Waals surface area contributed by atoms with Gasteiger partial charge in [0, 0.05) is 11.9 Å². The van der Waals surface area contributed by atoms with Gasteiger partial charge < -0.3 is 15.4 Å². The van der Waals surface area contributed by atoms with Crippen LogP contribution in [0.25, 0.3) is 10.9 Å². The van der Waals surface area contributed by atoms with Gasteiger partial charge in [-0.1, -0.05) is 109 Å². The predicted molar refractivity (Wildman–Crippen MR) is 135 cm³/mol. The van der Waals surface area contributed by atoms with E-state index < -0.39 is 0 Å². The molecule has 3 N–H and O–H groups in total. The largest absolute Gasteiger partial charge is 0.493 e. The molecule has 2 rings (SSSR count). The van der Waals surface area contributed by atoms with E-state index in [9.17, 15) is 5.11 Å². The van der Waals surface area contributed by atoms with Crippen LogP contribution in [0.2, 0.25) is 0 Å². The Morgan fingerprint density at radius 3 is 1.94 bits per heavy atom. The maximum Gasteiger partial charge on any atom is 0.220 e. The first-order chi connectivity index (χ1) is 15.1. The normalized spacial score (nSPS) is 11.6. The van der Waals surface area contributed by atoms with Gasteiger partial charge in [0.1, 0.15) is 0 Å². The van der Waals surface area contributed by atoms with E-state index in [1.54, 1.807) is 0 Å². The number of unbranched alkanes of at least 4 members (excludes halogenated alkanes) is 13. The Morgan fingerprint density at radius 1 is 0.871 bits per heavy atom. The first-order valence-corrected chi connectivity index (χ1v) is 12.6. The quantitative estimate of drug-likeness (QED) is 0.156. The number of rotatable bonds is 16. The van der Waals surface area contributed by atoms with Gasteiger partial charge in [-0.2, -0.15) is 0 Å². The molecular weight excluding hydrogens is 404 g/mol. The lowest BCUT2D eigenvalue weighted by molar-refractivity contribution is 0.415. The van der Waals surface area contributed by atoms with Gasteiger partial charge in [0.2, 0.25) is 11.0 Å². The smallest absolute Gasteiger partial charge is 0.220 e. The SMILES string of the molecule is CCCCCCCCCCCCCCCCn1c(O)c(N=NC(N)=S)c2ccccc21. The number of hydrogen-bond donors (Lipinski definition) is 2. The maximum absolute atomic E-state index is 10.7. The number of benzene rings is 1. The summed E-state index contributed by atoms with van der Waals surface area (Å²) in [6.45, 7) is 3.04. The third-order valence-corrected chi connectivity index (χ3v) is 5.98. The number of thiocarbonyl (C=S) groups is 1. The molecule has 0 bridgehead atoms. The summed E-state index contributed by atoms with van der Waals surface area (Å²) in [5.41, 5.74) is 6.82. The molecule has 1 aromatic carbocycles. The molecule has 0 aliphatic carbocycles. The van der Waals surface area contributed by atoms with Crippen molar-refractivity contribution in [3.63, 3.8) is 0 Å². The van der Waals surface area contributed by atoms with Crippen LogP contribution in [0.4, 0.5) is 5.69 Å². The van der Waals surface area contributed by atoms with Crippen LogP contribution < -0.4 is 5.73 Å². The van der Waals surface area contributed by atoms with Gasteiger partial charge in [-0.05, 0) is 24.7 Å². The summed E-state index contributed by atoms with van der Waals surface area (Å²) in [5, 5.41) is 19.3. The number of aryl methyl sites for hydroxylation is 1. The van der Waals surface area contributed by atoms with Crippen LogP contribution in [0.15, 0.2) is 34.5 Å². The molecule has 2 aromatic rings. The highest BCUT2D eigenvalue weighted by atomic mass is 32.1. The van der Waals surface area contributed by atoms with Crippen LogP contribution in [-0.4, -0.2) is 14.8 Å². The Kier molecular flexibility index (Phi) is 12.2. The van der Waals surface area contributed by atoms with E-state index in [4.69, 9.17) is 18.0 Å². The fourth-order valence-corrected chi connectivity index (χ4v) is 4.20. The number of nitrogens with zero attached hydrogens (tertiary/aromatic N) is 3. The molecule has 1 aromatic heterocycles. The number of fused-ring (bicyclic) bond motifs is 1.